The SMILES string of the molecule is CCCC/C=C/C/C=C/CCCCCCCC(=O)OC[C@H](COP(=O)(O)OC1C(O)C(O)C(O)[C@@H](O)C1O)OC(=O)CCCCCCCCC/C=C/CCCCCCCC. The molecule has 1 aliphatic rings. The normalized spacial score (nSPS) is 22.5. The summed E-state index contributed by atoms with van der Waals surface area (Å²) in [7, 11) is -5.12. The van der Waals surface area contributed by atoms with Gasteiger partial charge in [0.2, 0.25) is 0 Å². The van der Waals surface area contributed by atoms with Gasteiger partial charge in [0.15, 0.2) is 6.10 Å². The monoisotopic (exact) mass is 875 g/mol. The minimum Gasteiger partial charge on any atom is -0.462 e. The number of aliphatic hydroxyl groups is 5. The van der Waals surface area contributed by atoms with E-state index in [2.05, 4.69) is 50.3 Å². The van der Waals surface area contributed by atoms with Gasteiger partial charge in [-0.2, -0.15) is 0 Å². The fourth-order valence-electron chi connectivity index (χ4n) is 6.89. The van der Waals surface area contributed by atoms with Crippen LogP contribution < -0.4 is 0 Å². The van der Waals surface area contributed by atoms with E-state index in [-0.39, 0.29) is 12.8 Å². The topological polar surface area (TPSA) is 210 Å². The van der Waals surface area contributed by atoms with Gasteiger partial charge in [0, 0.05) is 12.8 Å². The molecule has 13 nitrogen and oxygen atoms in total. The average molecular weight is 875 g/mol. The molecular weight excluding hydrogens is 791 g/mol. The number of carbonyl (C=O) groups excluding carboxylic acids is 2. The lowest BCUT2D eigenvalue weighted by atomic mass is 9.85. The standard InChI is InChI=1S/C46H83O13P/c1-3-5-7-9-11-13-15-17-19-20-21-23-25-27-29-31-33-35-40(48)58-38(37-57-60(54,55)59-46-44(52)42(50)41(49)43(51)45(46)53)36-56-39(47)34-32-30-28-26-24-22-18-16-14-12-10-8-6-4-2/h10,12,16-19,38,41-46,49-53H,3-9,11,13-15,20-37H2,1-2H3,(H,54,55)/b12-10+,18-16+,19-17+/t38-,41?,42-,43?,44?,45?,46?/m1/s1. The lowest BCUT2D eigenvalue weighted by Crippen LogP contribution is -2.64. The molecule has 0 aromatic heterocycles. The highest BCUT2D eigenvalue weighted by Gasteiger charge is 2.51. The molecule has 6 N–H and O–H groups in total. The third-order valence-electron chi connectivity index (χ3n) is 10.7. The van der Waals surface area contributed by atoms with Gasteiger partial charge in [-0.15, -0.1) is 0 Å². The Bertz CT molecular complexity index is 1190. The molecule has 0 heterocycles. The Morgan fingerprint density at radius 3 is 1.42 bits per heavy atom. The van der Waals surface area contributed by atoms with Crippen molar-refractivity contribution in [1.82, 2.24) is 0 Å². The van der Waals surface area contributed by atoms with E-state index in [9.17, 15) is 44.6 Å². The molecule has 8 atom stereocenters. The second kappa shape index (κ2) is 36.5. The van der Waals surface area contributed by atoms with Gasteiger partial charge in [-0.1, -0.05) is 147 Å². The predicted molar refractivity (Wildman–Crippen MR) is 235 cm³/mol. The molecule has 1 aliphatic carbocycles. The fourth-order valence-corrected chi connectivity index (χ4v) is 7.86. The zero-order valence-electron chi connectivity index (χ0n) is 37.0. The predicted octanol–water partition coefficient (Wildman–Crippen LogP) is 9.00. The number of unbranched alkanes of at least 4 members (excludes halogenated alkanes) is 20. The molecule has 1 saturated carbocycles. The summed E-state index contributed by atoms with van der Waals surface area (Å²) < 4.78 is 33.5. The van der Waals surface area contributed by atoms with Crippen LogP contribution in [-0.4, -0.2) is 98.3 Å². The van der Waals surface area contributed by atoms with E-state index in [1.165, 1.54) is 70.6 Å². The van der Waals surface area contributed by atoms with Gasteiger partial charge < -0.3 is 39.9 Å². The Balaban J connectivity index is 2.47. The van der Waals surface area contributed by atoms with Gasteiger partial charge in [-0.25, -0.2) is 4.57 Å². The number of phosphoric acid groups is 1. The molecule has 0 amide bonds. The molecule has 0 bridgehead atoms. The van der Waals surface area contributed by atoms with Crippen LogP contribution in [0.4, 0.5) is 0 Å². The van der Waals surface area contributed by atoms with Crippen LogP contribution in [0.1, 0.15) is 187 Å². The van der Waals surface area contributed by atoms with Gasteiger partial charge >= 0.3 is 19.8 Å². The Labute approximate surface area is 361 Å². The molecule has 0 aliphatic heterocycles. The van der Waals surface area contributed by atoms with Gasteiger partial charge in [-0.05, 0) is 64.2 Å². The lowest BCUT2D eigenvalue weighted by molar-refractivity contribution is -0.220. The molecule has 0 radical (unpaired) electrons. The molecule has 0 saturated heterocycles. The molecule has 0 spiro atoms. The molecule has 1 fully saturated rings. The first-order valence-corrected chi connectivity index (χ1v) is 24.8. The number of aliphatic hydroxyl groups excluding tert-OH is 5. The molecule has 60 heavy (non-hydrogen) atoms. The van der Waals surface area contributed by atoms with Crippen LogP contribution in [0.25, 0.3) is 0 Å². The van der Waals surface area contributed by atoms with Crippen LogP contribution in [0.3, 0.4) is 0 Å². The quantitative estimate of drug-likeness (QED) is 0.0148. The molecule has 0 aromatic rings. The van der Waals surface area contributed by atoms with Crippen LogP contribution >= 0.6 is 7.82 Å². The van der Waals surface area contributed by atoms with Gasteiger partial charge in [0.1, 0.15) is 43.2 Å². The number of ether oxygens (including phenoxy) is 2. The fraction of sp³-hybridized carbons (Fsp3) is 0.826. The highest BCUT2D eigenvalue weighted by molar-refractivity contribution is 7.47. The van der Waals surface area contributed by atoms with Crippen LogP contribution in [0, 0.1) is 0 Å². The third kappa shape index (κ3) is 28.6. The Morgan fingerprint density at radius 1 is 0.517 bits per heavy atom. The summed E-state index contributed by atoms with van der Waals surface area (Å²) in [6, 6.07) is 0. The van der Waals surface area contributed by atoms with Crippen molar-refractivity contribution < 1.29 is 63.1 Å². The van der Waals surface area contributed by atoms with Crippen molar-refractivity contribution in [2.45, 2.75) is 230 Å². The number of allylic oxidation sites excluding steroid dienone is 6. The maximum absolute atomic E-state index is 12.8. The lowest BCUT2D eigenvalue weighted by Gasteiger charge is -2.41. The van der Waals surface area contributed by atoms with Crippen LogP contribution in [0.15, 0.2) is 36.5 Å². The summed E-state index contributed by atoms with van der Waals surface area (Å²) >= 11 is 0. The molecule has 14 heteroatoms. The van der Waals surface area contributed by atoms with E-state index in [0.717, 1.165) is 77.0 Å². The third-order valence-corrected chi connectivity index (χ3v) is 11.7. The van der Waals surface area contributed by atoms with E-state index in [0.29, 0.717) is 12.8 Å². The summed E-state index contributed by atoms with van der Waals surface area (Å²) in [4.78, 5) is 35.7. The van der Waals surface area contributed by atoms with Crippen molar-refractivity contribution in [3.8, 4) is 0 Å². The number of hydrogen-bond acceptors (Lipinski definition) is 12. The summed E-state index contributed by atoms with van der Waals surface area (Å²) in [5, 5.41) is 50.1. The number of carbonyl (C=O) groups is 2. The number of rotatable bonds is 38. The van der Waals surface area contributed by atoms with E-state index >= 15 is 0 Å². The first kappa shape index (κ1) is 56.1. The van der Waals surface area contributed by atoms with Crippen molar-refractivity contribution in [2.75, 3.05) is 13.2 Å². The second-order valence-electron chi connectivity index (χ2n) is 16.3. The number of hydrogen-bond donors (Lipinski definition) is 6. The Morgan fingerprint density at radius 2 is 0.917 bits per heavy atom. The summed E-state index contributed by atoms with van der Waals surface area (Å²) in [5.74, 6) is -1.12. The first-order valence-electron chi connectivity index (χ1n) is 23.3. The van der Waals surface area contributed by atoms with Crippen molar-refractivity contribution in [2.24, 2.45) is 0 Å². The summed E-state index contributed by atoms with van der Waals surface area (Å²) in [6.07, 6.45) is 27.7. The van der Waals surface area contributed by atoms with E-state index in [1.54, 1.807) is 0 Å². The minimum atomic E-state index is -5.12. The van der Waals surface area contributed by atoms with Gasteiger partial charge in [0.05, 0.1) is 6.61 Å². The maximum Gasteiger partial charge on any atom is 0.472 e. The Hall–Kier alpha value is -1.93. The zero-order chi connectivity index (χ0) is 44.3. The van der Waals surface area contributed by atoms with Crippen LogP contribution in [-0.2, 0) is 32.7 Å². The molecule has 0 aromatic carbocycles. The van der Waals surface area contributed by atoms with Gasteiger partial charge in [-0.3, -0.25) is 18.6 Å². The second-order valence-corrected chi connectivity index (χ2v) is 17.7. The van der Waals surface area contributed by atoms with Crippen molar-refractivity contribution >= 4 is 19.8 Å². The van der Waals surface area contributed by atoms with E-state index in [1.807, 2.05) is 0 Å². The smallest absolute Gasteiger partial charge is 0.462 e. The minimum absolute atomic E-state index is 0.0889. The van der Waals surface area contributed by atoms with Crippen molar-refractivity contribution in [1.29, 1.82) is 0 Å². The van der Waals surface area contributed by atoms with E-state index < -0.39 is 75.7 Å². The zero-order valence-corrected chi connectivity index (χ0v) is 37.9. The highest BCUT2D eigenvalue weighted by atomic mass is 31.2. The Kier molecular flexibility index (Phi) is 34.2. The van der Waals surface area contributed by atoms with Gasteiger partial charge in [0.25, 0.3) is 0 Å². The largest absolute Gasteiger partial charge is 0.472 e. The van der Waals surface area contributed by atoms with Crippen molar-refractivity contribution in [3.05, 3.63) is 36.5 Å². The average Bonchev–Trinajstić information content (AvgIpc) is 3.23. The first-order chi connectivity index (χ1) is 28.9. The summed E-state index contributed by atoms with van der Waals surface area (Å²) in [5.41, 5.74) is 0. The van der Waals surface area contributed by atoms with E-state index in [4.69, 9.17) is 18.5 Å². The molecule has 6 unspecified atom stereocenters. The molecular formula is C46H83O13P. The highest BCUT2D eigenvalue weighted by Crippen LogP contribution is 2.47. The van der Waals surface area contributed by atoms with Crippen LogP contribution in [0.5, 0.6) is 0 Å². The molecule has 350 valence electrons. The molecule has 1 rings (SSSR count). The number of esters is 2. The number of phosphoric ester groups is 1. The van der Waals surface area contributed by atoms with Crippen molar-refractivity contribution in [3.63, 3.8) is 0 Å². The summed E-state index contributed by atoms with van der Waals surface area (Å²) in [6.45, 7) is 3.24. The maximum atomic E-state index is 12.8. The van der Waals surface area contributed by atoms with Crippen LogP contribution in [0.2, 0.25) is 0 Å².